The molecule has 3 rings (SSSR count). The van der Waals surface area contributed by atoms with Crippen molar-refractivity contribution in [2.45, 2.75) is 38.3 Å². The van der Waals surface area contributed by atoms with Crippen LogP contribution in [0.2, 0.25) is 0 Å². The summed E-state index contributed by atoms with van der Waals surface area (Å²) < 4.78 is 7.63. The number of aromatic nitrogens is 3. The number of hydrogen-bond donors (Lipinski definition) is 1. The molecule has 20 heavy (non-hydrogen) atoms. The highest BCUT2D eigenvalue weighted by atomic mass is 16.5. The lowest BCUT2D eigenvalue weighted by Crippen LogP contribution is -2.34. The Bertz CT molecular complexity index is 567. The van der Waals surface area contributed by atoms with Gasteiger partial charge in [0.15, 0.2) is 5.82 Å². The van der Waals surface area contributed by atoms with E-state index in [9.17, 15) is 0 Å². The molecule has 0 radical (unpaired) electrons. The Morgan fingerprint density at radius 3 is 2.95 bits per heavy atom. The van der Waals surface area contributed by atoms with E-state index in [0.717, 1.165) is 36.8 Å². The molecule has 0 fully saturated rings. The van der Waals surface area contributed by atoms with Gasteiger partial charge < -0.3 is 10.5 Å². The molecule has 5 nitrogen and oxygen atoms in total. The Kier molecular flexibility index (Phi) is 3.69. The van der Waals surface area contributed by atoms with Crippen LogP contribution in [0.15, 0.2) is 30.3 Å². The summed E-state index contributed by atoms with van der Waals surface area (Å²) in [5.41, 5.74) is 6.01. The van der Waals surface area contributed by atoms with Crippen molar-refractivity contribution in [2.24, 2.45) is 5.73 Å². The number of ether oxygens (including phenoxy) is 1. The first-order valence-corrected chi connectivity index (χ1v) is 7.09. The fourth-order valence-corrected chi connectivity index (χ4v) is 2.64. The van der Waals surface area contributed by atoms with Gasteiger partial charge in [0.05, 0.1) is 13.2 Å². The second-order valence-electron chi connectivity index (χ2n) is 5.38. The summed E-state index contributed by atoms with van der Waals surface area (Å²) in [7, 11) is 0. The fourth-order valence-electron chi connectivity index (χ4n) is 2.64. The summed E-state index contributed by atoms with van der Waals surface area (Å²) >= 11 is 0. The lowest BCUT2D eigenvalue weighted by atomic mass is 9.98. The molecule has 2 heterocycles. The van der Waals surface area contributed by atoms with Crippen LogP contribution in [-0.2, 0) is 13.0 Å². The van der Waals surface area contributed by atoms with Crippen molar-refractivity contribution in [3.8, 4) is 5.75 Å². The number of nitrogens with two attached hydrogens (primary N) is 1. The summed E-state index contributed by atoms with van der Waals surface area (Å²) in [6, 6.07) is 9.99. The minimum atomic E-state index is 0.188. The molecule has 0 bridgehead atoms. The third-order valence-electron chi connectivity index (χ3n) is 3.59. The third kappa shape index (κ3) is 2.82. The molecular formula is C15H20N4O. The van der Waals surface area contributed by atoms with Crippen LogP contribution < -0.4 is 10.5 Å². The summed E-state index contributed by atoms with van der Waals surface area (Å²) in [5, 5.41) is 4.53. The van der Waals surface area contributed by atoms with Gasteiger partial charge in [-0.2, -0.15) is 5.10 Å². The first-order valence-electron chi connectivity index (χ1n) is 7.09. The summed E-state index contributed by atoms with van der Waals surface area (Å²) in [4.78, 5) is 4.61. The van der Waals surface area contributed by atoms with Crippen molar-refractivity contribution in [1.82, 2.24) is 14.8 Å². The Morgan fingerprint density at radius 2 is 2.15 bits per heavy atom. The molecule has 1 aromatic heterocycles. The summed E-state index contributed by atoms with van der Waals surface area (Å²) in [5.74, 6) is 3.17. The normalized spacial score (nSPS) is 21.5. The lowest BCUT2D eigenvalue weighted by molar-refractivity contribution is 0.318. The zero-order chi connectivity index (χ0) is 13.9. The molecule has 0 amide bonds. The van der Waals surface area contributed by atoms with Crippen LogP contribution in [0.1, 0.15) is 30.9 Å². The molecule has 2 N–H and O–H groups in total. The van der Waals surface area contributed by atoms with Crippen LogP contribution in [0.5, 0.6) is 5.75 Å². The van der Waals surface area contributed by atoms with E-state index in [4.69, 9.17) is 10.5 Å². The molecule has 106 valence electrons. The molecule has 2 unspecified atom stereocenters. The second kappa shape index (κ2) is 5.63. The highest BCUT2D eigenvalue weighted by molar-refractivity contribution is 5.20. The van der Waals surface area contributed by atoms with Gasteiger partial charge in [-0.25, -0.2) is 9.67 Å². The van der Waals surface area contributed by atoms with Gasteiger partial charge in [-0.3, -0.25) is 0 Å². The van der Waals surface area contributed by atoms with Crippen molar-refractivity contribution in [3.63, 3.8) is 0 Å². The highest BCUT2D eigenvalue weighted by Gasteiger charge is 2.24. The molecule has 1 aliphatic rings. The quantitative estimate of drug-likeness (QED) is 0.920. The topological polar surface area (TPSA) is 66.0 Å². The number of para-hydroxylation sites is 1. The largest absolute Gasteiger partial charge is 0.493 e. The maximum Gasteiger partial charge on any atom is 0.154 e. The van der Waals surface area contributed by atoms with Gasteiger partial charge in [0.25, 0.3) is 0 Å². The van der Waals surface area contributed by atoms with E-state index in [2.05, 4.69) is 17.0 Å². The number of rotatable bonds is 4. The predicted octanol–water partition coefficient (Wildman–Crippen LogP) is 1.73. The maximum absolute atomic E-state index is 6.01. The number of nitrogens with zero attached hydrogens (tertiary/aromatic N) is 3. The first kappa shape index (κ1) is 13.1. The van der Waals surface area contributed by atoms with Gasteiger partial charge in [-0.15, -0.1) is 0 Å². The fraction of sp³-hybridized carbons (Fsp3) is 0.467. The van der Waals surface area contributed by atoms with E-state index in [0.29, 0.717) is 12.5 Å². The molecule has 0 aliphatic carbocycles. The summed E-state index contributed by atoms with van der Waals surface area (Å²) in [6.45, 7) is 3.52. The Balaban J connectivity index is 1.60. The number of fused-ring (bicyclic) bond motifs is 1. The van der Waals surface area contributed by atoms with Crippen molar-refractivity contribution >= 4 is 0 Å². The maximum atomic E-state index is 6.01. The van der Waals surface area contributed by atoms with E-state index in [-0.39, 0.29) is 6.04 Å². The molecular weight excluding hydrogens is 252 g/mol. The number of hydrogen-bond acceptors (Lipinski definition) is 4. The zero-order valence-corrected chi connectivity index (χ0v) is 11.7. The lowest BCUT2D eigenvalue weighted by Gasteiger charge is -2.23. The monoisotopic (exact) mass is 272 g/mol. The van der Waals surface area contributed by atoms with Crippen LogP contribution in [-0.4, -0.2) is 27.4 Å². The van der Waals surface area contributed by atoms with Crippen LogP contribution in [0.4, 0.5) is 0 Å². The molecule has 0 spiro atoms. The SMILES string of the molecule is CC1CC(N)Cn2nc(CCOc3ccccc3)nc21. The van der Waals surface area contributed by atoms with E-state index in [1.54, 1.807) is 0 Å². The number of benzene rings is 1. The highest BCUT2D eigenvalue weighted by Crippen LogP contribution is 2.24. The van der Waals surface area contributed by atoms with Crippen LogP contribution in [0, 0.1) is 0 Å². The molecule has 5 heteroatoms. The molecule has 0 saturated carbocycles. The van der Waals surface area contributed by atoms with Gasteiger partial charge in [0.2, 0.25) is 0 Å². The molecule has 1 aliphatic heterocycles. The van der Waals surface area contributed by atoms with E-state index in [1.165, 1.54) is 0 Å². The van der Waals surface area contributed by atoms with Crippen LogP contribution in [0.25, 0.3) is 0 Å². The third-order valence-corrected chi connectivity index (χ3v) is 3.59. The van der Waals surface area contributed by atoms with E-state index >= 15 is 0 Å². The Labute approximate surface area is 118 Å². The van der Waals surface area contributed by atoms with E-state index in [1.807, 2.05) is 35.0 Å². The van der Waals surface area contributed by atoms with Crippen LogP contribution >= 0.6 is 0 Å². The van der Waals surface area contributed by atoms with Gasteiger partial charge in [-0.1, -0.05) is 25.1 Å². The van der Waals surface area contributed by atoms with Crippen molar-refractivity contribution < 1.29 is 4.74 Å². The standard InChI is InChI=1S/C15H20N4O/c1-11-9-12(16)10-19-15(11)17-14(18-19)7-8-20-13-5-3-2-4-6-13/h2-6,11-12H,7-10,16H2,1H3. The van der Waals surface area contributed by atoms with Crippen LogP contribution in [0.3, 0.4) is 0 Å². The summed E-state index contributed by atoms with van der Waals surface area (Å²) in [6.07, 6.45) is 1.70. The minimum Gasteiger partial charge on any atom is -0.493 e. The van der Waals surface area contributed by atoms with Crippen molar-refractivity contribution in [2.75, 3.05) is 6.61 Å². The predicted molar refractivity (Wildman–Crippen MR) is 76.7 cm³/mol. The molecule has 2 atom stereocenters. The van der Waals surface area contributed by atoms with Gasteiger partial charge in [0.1, 0.15) is 11.6 Å². The second-order valence-corrected chi connectivity index (χ2v) is 5.38. The molecule has 1 aromatic carbocycles. The van der Waals surface area contributed by atoms with Gasteiger partial charge in [-0.05, 0) is 18.6 Å². The Hall–Kier alpha value is -1.88. The van der Waals surface area contributed by atoms with Gasteiger partial charge >= 0.3 is 0 Å². The van der Waals surface area contributed by atoms with Gasteiger partial charge in [0, 0.05) is 18.4 Å². The average Bonchev–Trinajstić information content (AvgIpc) is 2.83. The zero-order valence-electron chi connectivity index (χ0n) is 11.7. The van der Waals surface area contributed by atoms with Crippen molar-refractivity contribution in [3.05, 3.63) is 42.0 Å². The first-order chi connectivity index (χ1) is 9.72. The van der Waals surface area contributed by atoms with Crippen molar-refractivity contribution in [1.29, 1.82) is 0 Å². The Morgan fingerprint density at radius 1 is 1.35 bits per heavy atom. The minimum absolute atomic E-state index is 0.188. The molecule has 2 aromatic rings. The smallest absolute Gasteiger partial charge is 0.154 e. The van der Waals surface area contributed by atoms with E-state index < -0.39 is 0 Å². The average molecular weight is 272 g/mol. The molecule has 0 saturated heterocycles.